The molecule has 1 aromatic heterocycles. The molecule has 3 rings (SSSR count). The van der Waals surface area contributed by atoms with Crippen LogP contribution in [0.25, 0.3) is 11.0 Å². The molecule has 0 atom stereocenters. The Balaban J connectivity index is 2.02. The number of aromatic nitrogens is 2. The third-order valence-corrected chi connectivity index (χ3v) is 4.28. The summed E-state index contributed by atoms with van der Waals surface area (Å²) in [5.74, 6) is 0.297. The summed E-state index contributed by atoms with van der Waals surface area (Å²) >= 11 is 5.94. The summed E-state index contributed by atoms with van der Waals surface area (Å²) in [7, 11) is 0. The smallest absolute Gasteiger partial charge is 0.335 e. The Morgan fingerprint density at radius 1 is 1.24 bits per heavy atom. The molecule has 1 heterocycles. The number of aromatic carboxylic acids is 1. The fourth-order valence-electron chi connectivity index (χ4n) is 2.63. The number of benzene rings is 2. The number of halogens is 1. The van der Waals surface area contributed by atoms with E-state index in [0.29, 0.717) is 22.4 Å². The van der Waals surface area contributed by atoms with Crippen molar-refractivity contribution in [1.29, 1.82) is 0 Å². The molecule has 130 valence electrons. The fraction of sp³-hybridized carbons (Fsp3) is 0.263. The molecule has 0 radical (unpaired) electrons. The van der Waals surface area contributed by atoms with Gasteiger partial charge in [-0.1, -0.05) is 25.4 Å². The van der Waals surface area contributed by atoms with Gasteiger partial charge in [-0.25, -0.2) is 9.78 Å². The summed E-state index contributed by atoms with van der Waals surface area (Å²) in [6.45, 7) is 5.15. The van der Waals surface area contributed by atoms with Gasteiger partial charge in [-0.05, 0) is 54.8 Å². The van der Waals surface area contributed by atoms with Gasteiger partial charge < -0.3 is 15.0 Å². The van der Waals surface area contributed by atoms with Crippen molar-refractivity contribution in [3.63, 3.8) is 0 Å². The first kappa shape index (κ1) is 17.3. The second-order valence-corrected chi connectivity index (χ2v) is 6.85. The number of imidazole rings is 1. The SMILES string of the molecule is CC(C)CCn1c(Nc2ccc(Cl)cc2)nc2cc(C(=O)O)ccc21. The Hall–Kier alpha value is -2.53. The van der Waals surface area contributed by atoms with Crippen LogP contribution in [0.4, 0.5) is 11.6 Å². The first-order valence-corrected chi connectivity index (χ1v) is 8.58. The minimum Gasteiger partial charge on any atom is -0.478 e. The summed E-state index contributed by atoms with van der Waals surface area (Å²) in [5, 5.41) is 13.2. The van der Waals surface area contributed by atoms with E-state index in [9.17, 15) is 9.90 Å². The number of nitrogens with zero attached hydrogens (tertiary/aromatic N) is 2. The quantitative estimate of drug-likeness (QED) is 0.638. The Bertz CT molecular complexity index is 901. The number of carbonyl (C=O) groups is 1. The van der Waals surface area contributed by atoms with Crippen LogP contribution in [-0.2, 0) is 6.54 Å². The molecule has 0 saturated heterocycles. The van der Waals surface area contributed by atoms with E-state index >= 15 is 0 Å². The number of carboxylic acid groups (broad SMARTS) is 1. The van der Waals surface area contributed by atoms with Crippen LogP contribution in [0.2, 0.25) is 5.02 Å². The Morgan fingerprint density at radius 3 is 2.60 bits per heavy atom. The van der Waals surface area contributed by atoms with Gasteiger partial charge in [0.1, 0.15) is 0 Å². The van der Waals surface area contributed by atoms with Crippen LogP contribution in [-0.4, -0.2) is 20.6 Å². The molecule has 3 aromatic rings. The average molecular weight is 358 g/mol. The number of rotatable bonds is 6. The molecular formula is C19H20ClN3O2. The van der Waals surface area contributed by atoms with E-state index in [4.69, 9.17) is 11.6 Å². The van der Waals surface area contributed by atoms with Gasteiger partial charge in [0, 0.05) is 17.3 Å². The highest BCUT2D eigenvalue weighted by atomic mass is 35.5. The molecule has 2 N–H and O–H groups in total. The molecule has 0 fully saturated rings. The van der Waals surface area contributed by atoms with E-state index in [2.05, 4.69) is 28.7 Å². The highest BCUT2D eigenvalue weighted by Crippen LogP contribution is 2.25. The van der Waals surface area contributed by atoms with E-state index < -0.39 is 5.97 Å². The zero-order valence-corrected chi connectivity index (χ0v) is 14.9. The van der Waals surface area contributed by atoms with E-state index in [1.807, 2.05) is 30.3 Å². The van der Waals surface area contributed by atoms with Crippen LogP contribution in [0, 0.1) is 5.92 Å². The Morgan fingerprint density at radius 2 is 1.96 bits per heavy atom. The summed E-state index contributed by atoms with van der Waals surface area (Å²) in [6, 6.07) is 12.4. The molecule has 6 heteroatoms. The van der Waals surface area contributed by atoms with Crippen molar-refractivity contribution in [2.75, 3.05) is 5.32 Å². The predicted molar refractivity (Wildman–Crippen MR) is 101 cm³/mol. The van der Waals surface area contributed by atoms with Crippen molar-refractivity contribution >= 4 is 40.2 Å². The van der Waals surface area contributed by atoms with E-state index in [1.165, 1.54) is 0 Å². The van der Waals surface area contributed by atoms with Crippen LogP contribution in [0.3, 0.4) is 0 Å². The molecule has 0 aliphatic carbocycles. The van der Waals surface area contributed by atoms with Gasteiger partial charge in [0.15, 0.2) is 0 Å². The minimum atomic E-state index is -0.953. The molecular weight excluding hydrogens is 338 g/mol. The lowest BCUT2D eigenvalue weighted by Gasteiger charge is -2.12. The largest absolute Gasteiger partial charge is 0.478 e. The predicted octanol–water partition coefficient (Wildman–Crippen LogP) is 5.18. The van der Waals surface area contributed by atoms with E-state index in [1.54, 1.807) is 12.1 Å². The maximum absolute atomic E-state index is 11.2. The topological polar surface area (TPSA) is 67.2 Å². The van der Waals surface area contributed by atoms with Crippen LogP contribution in [0.15, 0.2) is 42.5 Å². The third-order valence-electron chi connectivity index (χ3n) is 4.03. The molecule has 0 aliphatic heterocycles. The molecule has 0 spiro atoms. The first-order valence-electron chi connectivity index (χ1n) is 8.20. The second-order valence-electron chi connectivity index (χ2n) is 6.41. The van der Waals surface area contributed by atoms with Gasteiger partial charge in [-0.3, -0.25) is 0 Å². The molecule has 25 heavy (non-hydrogen) atoms. The van der Waals surface area contributed by atoms with Crippen molar-refractivity contribution in [1.82, 2.24) is 9.55 Å². The Labute approximate surface area is 151 Å². The number of anilines is 2. The van der Waals surface area contributed by atoms with Gasteiger partial charge in [-0.15, -0.1) is 0 Å². The number of fused-ring (bicyclic) bond motifs is 1. The van der Waals surface area contributed by atoms with Crippen LogP contribution in [0.5, 0.6) is 0 Å². The number of nitrogens with one attached hydrogen (secondary N) is 1. The van der Waals surface area contributed by atoms with Gasteiger partial charge in [0.25, 0.3) is 0 Å². The monoisotopic (exact) mass is 357 g/mol. The fourth-order valence-corrected chi connectivity index (χ4v) is 2.76. The van der Waals surface area contributed by atoms with Crippen molar-refractivity contribution in [3.05, 3.63) is 53.1 Å². The lowest BCUT2D eigenvalue weighted by Crippen LogP contribution is -2.06. The van der Waals surface area contributed by atoms with Crippen molar-refractivity contribution in [3.8, 4) is 0 Å². The van der Waals surface area contributed by atoms with Crippen LogP contribution < -0.4 is 5.32 Å². The number of hydrogen-bond acceptors (Lipinski definition) is 3. The maximum atomic E-state index is 11.2. The molecule has 0 saturated carbocycles. The molecule has 5 nitrogen and oxygen atoms in total. The average Bonchev–Trinajstić information content (AvgIpc) is 2.91. The van der Waals surface area contributed by atoms with Crippen LogP contribution in [0.1, 0.15) is 30.6 Å². The number of carboxylic acids is 1. The van der Waals surface area contributed by atoms with E-state index in [0.717, 1.165) is 24.2 Å². The zero-order chi connectivity index (χ0) is 18.0. The highest BCUT2D eigenvalue weighted by molar-refractivity contribution is 6.30. The number of hydrogen-bond donors (Lipinski definition) is 2. The molecule has 0 unspecified atom stereocenters. The lowest BCUT2D eigenvalue weighted by atomic mass is 10.1. The highest BCUT2D eigenvalue weighted by Gasteiger charge is 2.14. The van der Waals surface area contributed by atoms with Gasteiger partial charge in [0.2, 0.25) is 5.95 Å². The second kappa shape index (κ2) is 7.15. The molecule has 0 bridgehead atoms. The third kappa shape index (κ3) is 3.94. The minimum absolute atomic E-state index is 0.235. The van der Waals surface area contributed by atoms with Crippen molar-refractivity contribution in [2.45, 2.75) is 26.8 Å². The van der Waals surface area contributed by atoms with Gasteiger partial charge in [-0.2, -0.15) is 0 Å². The van der Waals surface area contributed by atoms with Crippen molar-refractivity contribution in [2.24, 2.45) is 5.92 Å². The summed E-state index contributed by atoms with van der Waals surface area (Å²) < 4.78 is 2.09. The lowest BCUT2D eigenvalue weighted by molar-refractivity contribution is 0.0697. The summed E-state index contributed by atoms with van der Waals surface area (Å²) in [4.78, 5) is 15.8. The summed E-state index contributed by atoms with van der Waals surface area (Å²) in [6.07, 6.45) is 1.00. The maximum Gasteiger partial charge on any atom is 0.335 e. The molecule has 0 amide bonds. The van der Waals surface area contributed by atoms with E-state index in [-0.39, 0.29) is 5.56 Å². The van der Waals surface area contributed by atoms with Crippen molar-refractivity contribution < 1.29 is 9.90 Å². The van der Waals surface area contributed by atoms with Gasteiger partial charge >= 0.3 is 5.97 Å². The number of aryl methyl sites for hydroxylation is 1. The standard InChI is InChI=1S/C19H20ClN3O2/c1-12(2)9-10-23-17-8-3-13(18(24)25)11-16(17)22-19(23)21-15-6-4-14(20)5-7-15/h3-8,11-12H,9-10H2,1-2H3,(H,21,22)(H,24,25). The zero-order valence-electron chi connectivity index (χ0n) is 14.2. The summed E-state index contributed by atoms with van der Waals surface area (Å²) in [5.41, 5.74) is 2.70. The molecule has 2 aromatic carbocycles. The van der Waals surface area contributed by atoms with Crippen LogP contribution >= 0.6 is 11.6 Å². The first-order chi connectivity index (χ1) is 11.9. The van der Waals surface area contributed by atoms with Gasteiger partial charge in [0.05, 0.1) is 16.6 Å². The normalized spacial score (nSPS) is 11.2. The Kier molecular flexibility index (Phi) is 4.95. The molecule has 0 aliphatic rings.